The van der Waals surface area contributed by atoms with E-state index < -0.39 is 0 Å². The molecule has 2 saturated heterocycles. The van der Waals surface area contributed by atoms with Crippen molar-refractivity contribution in [2.45, 2.75) is 18.9 Å². The summed E-state index contributed by atoms with van der Waals surface area (Å²) in [7, 11) is 0. The molecule has 1 N–H and O–H groups in total. The molecule has 1 aromatic heterocycles. The van der Waals surface area contributed by atoms with Gasteiger partial charge in [0.2, 0.25) is 5.91 Å². The quantitative estimate of drug-likeness (QED) is 0.804. The molecule has 0 aliphatic carbocycles. The molecule has 1 amide bonds. The van der Waals surface area contributed by atoms with Gasteiger partial charge in [0.25, 0.3) is 0 Å². The number of hydrogen-bond donors (Lipinski definition) is 1. The Morgan fingerprint density at radius 2 is 2.44 bits per heavy atom. The fraction of sp³-hybridized carbons (Fsp3) is 0.500. The second-order valence-electron chi connectivity index (χ2n) is 5.01. The summed E-state index contributed by atoms with van der Waals surface area (Å²) >= 11 is 0. The van der Waals surface area contributed by atoms with E-state index in [9.17, 15) is 4.79 Å². The van der Waals surface area contributed by atoms with Crippen LogP contribution in [-0.4, -0.2) is 36.5 Å². The third-order valence-corrected chi connectivity index (χ3v) is 3.89. The van der Waals surface area contributed by atoms with Gasteiger partial charge in [0.05, 0.1) is 6.26 Å². The fourth-order valence-corrected chi connectivity index (χ4v) is 2.98. The number of rotatable bonds is 2. The van der Waals surface area contributed by atoms with E-state index in [1.165, 1.54) is 6.42 Å². The van der Waals surface area contributed by atoms with Gasteiger partial charge in [-0.15, -0.1) is 0 Å². The minimum absolute atomic E-state index is 0.102. The number of nitrogens with zero attached hydrogens (tertiary/aromatic N) is 1. The predicted octanol–water partition coefficient (Wildman–Crippen LogP) is 1.50. The summed E-state index contributed by atoms with van der Waals surface area (Å²) in [5, 5.41) is 3.38. The van der Waals surface area contributed by atoms with Gasteiger partial charge in [-0.05, 0) is 37.0 Å². The number of carbonyl (C=O) groups is 1. The summed E-state index contributed by atoms with van der Waals surface area (Å²) in [5.74, 6) is 1.46. The van der Waals surface area contributed by atoms with Gasteiger partial charge in [-0.25, -0.2) is 0 Å². The first-order valence-corrected chi connectivity index (χ1v) is 6.57. The Morgan fingerprint density at radius 1 is 1.50 bits per heavy atom. The Labute approximate surface area is 107 Å². The molecule has 2 aliphatic heterocycles. The molecule has 3 heterocycles. The molecule has 1 aromatic rings. The first-order chi connectivity index (χ1) is 8.84. The summed E-state index contributed by atoms with van der Waals surface area (Å²) in [6, 6.07) is 4.05. The molecule has 0 bridgehead atoms. The Morgan fingerprint density at radius 3 is 3.28 bits per heavy atom. The van der Waals surface area contributed by atoms with Crippen molar-refractivity contribution in [2.75, 3.05) is 19.6 Å². The van der Waals surface area contributed by atoms with Crippen LogP contribution in [0.2, 0.25) is 0 Å². The van der Waals surface area contributed by atoms with E-state index in [1.807, 2.05) is 17.0 Å². The fourth-order valence-electron chi connectivity index (χ4n) is 2.98. The second kappa shape index (κ2) is 4.98. The molecule has 0 saturated carbocycles. The third kappa shape index (κ3) is 2.20. The highest BCUT2D eigenvalue weighted by atomic mass is 16.3. The standard InChI is InChI=1S/C14H18N2O2/c17-14(6-5-12-4-2-8-18-12)16-7-1-3-11-9-15-10-13(11)16/h2,4-6,8,11,13,15H,1,3,7,9-10H2/b6-5+. The van der Waals surface area contributed by atoms with Crippen molar-refractivity contribution in [3.8, 4) is 0 Å². The number of likely N-dealkylation sites (tertiary alicyclic amines) is 1. The van der Waals surface area contributed by atoms with E-state index in [0.29, 0.717) is 12.0 Å². The van der Waals surface area contributed by atoms with E-state index in [-0.39, 0.29) is 5.91 Å². The molecule has 2 fully saturated rings. The minimum atomic E-state index is 0.102. The zero-order chi connectivity index (χ0) is 12.4. The van der Waals surface area contributed by atoms with Crippen molar-refractivity contribution >= 4 is 12.0 Å². The maximum absolute atomic E-state index is 12.2. The maximum Gasteiger partial charge on any atom is 0.246 e. The van der Waals surface area contributed by atoms with Crippen LogP contribution in [0.4, 0.5) is 0 Å². The highest BCUT2D eigenvalue weighted by molar-refractivity contribution is 5.91. The normalized spacial score (nSPS) is 27.7. The monoisotopic (exact) mass is 246 g/mol. The molecule has 18 heavy (non-hydrogen) atoms. The Bertz CT molecular complexity index is 439. The van der Waals surface area contributed by atoms with Crippen LogP contribution >= 0.6 is 0 Å². The van der Waals surface area contributed by atoms with Crippen LogP contribution in [0.15, 0.2) is 28.9 Å². The molecule has 3 rings (SSSR count). The molecule has 2 aliphatic rings. The molecule has 4 heteroatoms. The first kappa shape index (κ1) is 11.5. The van der Waals surface area contributed by atoms with Crippen LogP contribution in [0.5, 0.6) is 0 Å². The van der Waals surface area contributed by atoms with E-state index in [2.05, 4.69) is 5.32 Å². The highest BCUT2D eigenvalue weighted by Gasteiger charge is 2.36. The van der Waals surface area contributed by atoms with Crippen molar-refractivity contribution in [3.63, 3.8) is 0 Å². The number of piperidine rings is 1. The Balaban J connectivity index is 1.68. The van der Waals surface area contributed by atoms with Crippen LogP contribution < -0.4 is 5.32 Å². The number of hydrogen-bond acceptors (Lipinski definition) is 3. The summed E-state index contributed by atoms with van der Waals surface area (Å²) in [5.41, 5.74) is 0. The lowest BCUT2D eigenvalue weighted by Gasteiger charge is -2.36. The van der Waals surface area contributed by atoms with Crippen molar-refractivity contribution in [2.24, 2.45) is 5.92 Å². The van der Waals surface area contributed by atoms with E-state index in [4.69, 9.17) is 4.42 Å². The van der Waals surface area contributed by atoms with Crippen molar-refractivity contribution in [1.82, 2.24) is 10.2 Å². The zero-order valence-electron chi connectivity index (χ0n) is 10.3. The zero-order valence-corrected chi connectivity index (χ0v) is 10.3. The molecular formula is C14H18N2O2. The van der Waals surface area contributed by atoms with Gasteiger partial charge in [-0.2, -0.15) is 0 Å². The van der Waals surface area contributed by atoms with E-state index in [1.54, 1.807) is 18.4 Å². The molecule has 96 valence electrons. The average molecular weight is 246 g/mol. The number of fused-ring (bicyclic) bond motifs is 1. The van der Waals surface area contributed by atoms with Crippen LogP contribution in [0.25, 0.3) is 6.08 Å². The van der Waals surface area contributed by atoms with Crippen molar-refractivity contribution in [3.05, 3.63) is 30.2 Å². The molecule has 2 atom stereocenters. The van der Waals surface area contributed by atoms with Gasteiger partial charge in [-0.3, -0.25) is 4.79 Å². The molecule has 0 spiro atoms. The predicted molar refractivity (Wildman–Crippen MR) is 68.8 cm³/mol. The number of nitrogens with one attached hydrogen (secondary N) is 1. The summed E-state index contributed by atoms with van der Waals surface area (Å²) in [6.45, 7) is 2.87. The molecule has 4 nitrogen and oxygen atoms in total. The first-order valence-electron chi connectivity index (χ1n) is 6.57. The lowest BCUT2D eigenvalue weighted by atomic mass is 9.92. The van der Waals surface area contributed by atoms with Crippen molar-refractivity contribution in [1.29, 1.82) is 0 Å². The molecule has 0 aromatic carbocycles. The summed E-state index contributed by atoms with van der Waals surface area (Å²) < 4.78 is 5.19. The van der Waals surface area contributed by atoms with Gasteiger partial charge in [0.1, 0.15) is 5.76 Å². The molecular weight excluding hydrogens is 228 g/mol. The Kier molecular flexibility index (Phi) is 3.19. The van der Waals surface area contributed by atoms with Crippen molar-refractivity contribution < 1.29 is 9.21 Å². The lowest BCUT2D eigenvalue weighted by molar-refractivity contribution is -0.130. The van der Waals surface area contributed by atoms with E-state index >= 15 is 0 Å². The molecule has 0 radical (unpaired) electrons. The van der Waals surface area contributed by atoms with Crippen LogP contribution in [-0.2, 0) is 4.79 Å². The largest absolute Gasteiger partial charge is 0.465 e. The van der Waals surface area contributed by atoms with Gasteiger partial charge in [-0.1, -0.05) is 0 Å². The summed E-state index contributed by atoms with van der Waals surface area (Å²) in [6.07, 6.45) is 7.34. The van der Waals surface area contributed by atoms with Gasteiger partial charge < -0.3 is 14.6 Å². The van der Waals surface area contributed by atoms with Gasteiger partial charge in [0, 0.05) is 31.8 Å². The smallest absolute Gasteiger partial charge is 0.246 e. The lowest BCUT2D eigenvalue weighted by Crippen LogP contribution is -2.47. The topological polar surface area (TPSA) is 45.5 Å². The highest BCUT2D eigenvalue weighted by Crippen LogP contribution is 2.26. The third-order valence-electron chi connectivity index (χ3n) is 3.89. The number of furan rings is 1. The second-order valence-corrected chi connectivity index (χ2v) is 5.01. The SMILES string of the molecule is O=C(/C=C/c1ccco1)N1CCCC2CNCC21. The van der Waals surface area contributed by atoms with Gasteiger partial charge in [0.15, 0.2) is 0 Å². The van der Waals surface area contributed by atoms with Crippen LogP contribution in [0.3, 0.4) is 0 Å². The Hall–Kier alpha value is -1.55. The summed E-state index contributed by atoms with van der Waals surface area (Å²) in [4.78, 5) is 14.2. The minimum Gasteiger partial charge on any atom is -0.465 e. The molecule has 2 unspecified atom stereocenters. The van der Waals surface area contributed by atoms with Crippen LogP contribution in [0, 0.1) is 5.92 Å². The van der Waals surface area contributed by atoms with E-state index in [0.717, 1.165) is 31.8 Å². The van der Waals surface area contributed by atoms with Gasteiger partial charge >= 0.3 is 0 Å². The van der Waals surface area contributed by atoms with Crippen LogP contribution in [0.1, 0.15) is 18.6 Å². The number of carbonyl (C=O) groups excluding carboxylic acids is 1. The average Bonchev–Trinajstić information content (AvgIpc) is 3.05. The maximum atomic E-state index is 12.2. The number of amides is 1.